The number of ether oxygens (including phenoxy) is 1. The van der Waals surface area contributed by atoms with Gasteiger partial charge in [0, 0.05) is 26.1 Å². The highest BCUT2D eigenvalue weighted by molar-refractivity contribution is 5.91. The number of nitrogens with zero attached hydrogens (tertiary/aromatic N) is 3. The van der Waals surface area contributed by atoms with E-state index < -0.39 is 29.9 Å². The molecule has 1 heterocycles. The maximum absolute atomic E-state index is 13.5. The number of amides is 1. The number of aryl methyl sites for hydroxylation is 1. The summed E-state index contributed by atoms with van der Waals surface area (Å²) in [6, 6.07) is 16.3. The zero-order chi connectivity index (χ0) is 29.6. The number of benzene rings is 2. The number of hydrogen-bond acceptors (Lipinski definition) is 8. The van der Waals surface area contributed by atoms with Gasteiger partial charge in [0.05, 0.1) is 19.3 Å². The van der Waals surface area contributed by atoms with Gasteiger partial charge in [-0.05, 0) is 55.0 Å². The van der Waals surface area contributed by atoms with Crippen molar-refractivity contribution in [1.82, 2.24) is 10.2 Å². The summed E-state index contributed by atoms with van der Waals surface area (Å²) in [5.74, 6) is -1.57. The molecule has 9 heteroatoms. The van der Waals surface area contributed by atoms with E-state index in [0.29, 0.717) is 52.0 Å². The van der Waals surface area contributed by atoms with Crippen molar-refractivity contribution in [3.63, 3.8) is 0 Å². The second-order valence-corrected chi connectivity index (χ2v) is 10.9. The molecule has 0 bridgehead atoms. The van der Waals surface area contributed by atoms with Gasteiger partial charge in [-0.3, -0.25) is 24.5 Å². The van der Waals surface area contributed by atoms with Gasteiger partial charge in [0.25, 0.3) is 0 Å². The van der Waals surface area contributed by atoms with E-state index in [9.17, 15) is 19.8 Å². The van der Waals surface area contributed by atoms with Crippen LogP contribution in [0.2, 0.25) is 0 Å². The lowest BCUT2D eigenvalue weighted by Gasteiger charge is -2.30. The van der Waals surface area contributed by atoms with Gasteiger partial charge in [-0.2, -0.15) is 0 Å². The lowest BCUT2D eigenvalue weighted by Crippen LogP contribution is -2.51. The lowest BCUT2D eigenvalue weighted by atomic mass is 10.0. The van der Waals surface area contributed by atoms with Crippen molar-refractivity contribution < 1.29 is 24.5 Å². The molecule has 9 nitrogen and oxygen atoms in total. The van der Waals surface area contributed by atoms with Crippen molar-refractivity contribution >= 4 is 23.5 Å². The Morgan fingerprint density at radius 1 is 0.927 bits per heavy atom. The highest BCUT2D eigenvalue weighted by Crippen LogP contribution is 2.13. The van der Waals surface area contributed by atoms with Crippen LogP contribution in [-0.4, -0.2) is 79.4 Å². The Morgan fingerprint density at radius 2 is 1.54 bits per heavy atom. The third-order valence-corrected chi connectivity index (χ3v) is 6.96. The Bertz CT molecular complexity index is 1150. The van der Waals surface area contributed by atoms with Gasteiger partial charge in [0.15, 0.2) is 5.78 Å². The summed E-state index contributed by atoms with van der Waals surface area (Å²) in [6.45, 7) is 7.80. The van der Waals surface area contributed by atoms with Crippen LogP contribution < -0.4 is 15.5 Å². The summed E-state index contributed by atoms with van der Waals surface area (Å²) in [7, 11) is 0. The molecule has 41 heavy (non-hydrogen) atoms. The Morgan fingerprint density at radius 3 is 2.12 bits per heavy atom. The highest BCUT2D eigenvalue weighted by Gasteiger charge is 2.23. The van der Waals surface area contributed by atoms with Gasteiger partial charge in [-0.25, -0.2) is 0 Å². The summed E-state index contributed by atoms with van der Waals surface area (Å²) >= 11 is 0. The first kappa shape index (κ1) is 32.0. The highest BCUT2D eigenvalue weighted by atomic mass is 16.5. The number of ketones is 1. The van der Waals surface area contributed by atoms with Gasteiger partial charge in [-0.1, -0.05) is 74.5 Å². The molecule has 0 unspecified atom stereocenters. The summed E-state index contributed by atoms with van der Waals surface area (Å²) < 4.78 is 5.35. The van der Waals surface area contributed by atoms with Crippen LogP contribution in [0.3, 0.4) is 0 Å². The average Bonchev–Trinajstić information content (AvgIpc) is 2.95. The molecule has 0 spiro atoms. The Kier molecular flexibility index (Phi) is 13.0. The number of aliphatic imine (C=N–C) groups is 2. The van der Waals surface area contributed by atoms with E-state index in [1.807, 2.05) is 79.4 Å². The first-order chi connectivity index (χ1) is 19.7. The topological polar surface area (TPSA) is 129 Å². The fraction of sp³-hybridized carbons (Fsp3) is 0.500. The quantitative estimate of drug-likeness (QED) is 0.259. The Hall–Kier alpha value is -3.56. The molecule has 3 rings (SSSR count). The second-order valence-electron chi connectivity index (χ2n) is 10.9. The molecule has 2 aromatic carbocycles. The number of carbonyl (C=O) groups excluding carboxylic acids is 2. The number of nitrogens with one attached hydrogen (secondary N) is 1. The molecular formula is C32H42N4O5-2. The van der Waals surface area contributed by atoms with E-state index in [4.69, 9.17) is 4.74 Å². The van der Waals surface area contributed by atoms with E-state index in [0.717, 1.165) is 11.1 Å². The van der Waals surface area contributed by atoms with Gasteiger partial charge in [-0.15, -0.1) is 0 Å². The SMILES string of the molecule is CC(=O)[C@H](Cc1ccccc1)N=C([O-])[C@H](CC(C)C)NC(=O)[C@H](CCc1ccccc1)N=C([O-])CN1CCOCC1. The number of carbonyl (C=O) groups is 2. The van der Waals surface area contributed by atoms with Gasteiger partial charge in [0.2, 0.25) is 5.91 Å². The molecule has 0 aromatic heterocycles. The zero-order valence-electron chi connectivity index (χ0n) is 24.3. The summed E-state index contributed by atoms with van der Waals surface area (Å²) in [5.41, 5.74) is 1.92. The Labute approximate surface area is 243 Å². The molecular weight excluding hydrogens is 520 g/mol. The molecule has 3 atom stereocenters. The maximum atomic E-state index is 13.5. The molecule has 1 amide bonds. The van der Waals surface area contributed by atoms with Crippen molar-refractivity contribution in [2.45, 2.75) is 64.6 Å². The minimum atomic E-state index is -0.959. The number of hydrogen-bond donors (Lipinski definition) is 1. The molecule has 0 saturated carbocycles. The molecule has 1 aliphatic heterocycles. The number of Topliss-reactive ketones (excluding diaryl/α,β-unsaturated/α-hetero) is 1. The Balaban J connectivity index is 1.79. The van der Waals surface area contributed by atoms with Crippen LogP contribution in [-0.2, 0) is 27.2 Å². The van der Waals surface area contributed by atoms with E-state index in [1.54, 1.807) is 0 Å². The standard InChI is InChI=1S/C32H44N4O5/c1-23(2)20-29(32(40)34-28(24(3)37)21-26-12-8-5-9-13-26)35-31(39)27(15-14-25-10-6-4-7-11-25)33-30(38)22-36-16-18-41-19-17-36/h4-13,23,27-29H,14-22H2,1-3H3,(H,33,38)(H,34,40)(H,35,39)/p-2/t27-,28-,29-/m0/s1. The molecule has 222 valence electrons. The van der Waals surface area contributed by atoms with E-state index in [-0.39, 0.29) is 24.1 Å². The maximum Gasteiger partial charge on any atom is 0.245 e. The smallest absolute Gasteiger partial charge is 0.245 e. The van der Waals surface area contributed by atoms with Crippen LogP contribution in [0.5, 0.6) is 0 Å². The van der Waals surface area contributed by atoms with Crippen molar-refractivity contribution in [2.75, 3.05) is 32.8 Å². The fourth-order valence-corrected chi connectivity index (χ4v) is 4.69. The van der Waals surface area contributed by atoms with E-state index >= 15 is 0 Å². The normalized spacial score (nSPS) is 17.2. The second kappa shape index (κ2) is 16.6. The number of rotatable bonds is 15. The van der Waals surface area contributed by atoms with Gasteiger partial charge < -0.3 is 20.3 Å². The molecule has 0 aliphatic carbocycles. The molecule has 1 saturated heterocycles. The van der Waals surface area contributed by atoms with Crippen molar-refractivity contribution in [3.05, 3.63) is 71.8 Å². The minimum Gasteiger partial charge on any atom is -0.861 e. The third kappa shape index (κ3) is 11.4. The molecule has 1 fully saturated rings. The molecule has 0 radical (unpaired) electrons. The van der Waals surface area contributed by atoms with Crippen LogP contribution in [0, 0.1) is 5.92 Å². The summed E-state index contributed by atoms with van der Waals surface area (Å²) in [6.07, 6.45) is 1.50. The van der Waals surface area contributed by atoms with Crippen molar-refractivity contribution in [2.24, 2.45) is 15.9 Å². The van der Waals surface area contributed by atoms with Crippen molar-refractivity contribution in [1.29, 1.82) is 0 Å². The van der Waals surface area contributed by atoms with Crippen LogP contribution in [0.4, 0.5) is 0 Å². The van der Waals surface area contributed by atoms with Crippen LogP contribution in [0.15, 0.2) is 70.6 Å². The van der Waals surface area contributed by atoms with E-state index in [1.165, 1.54) is 6.92 Å². The first-order valence-corrected chi connectivity index (χ1v) is 14.4. The monoisotopic (exact) mass is 562 g/mol. The summed E-state index contributed by atoms with van der Waals surface area (Å²) in [5, 5.41) is 29.1. The fourth-order valence-electron chi connectivity index (χ4n) is 4.69. The zero-order valence-corrected chi connectivity index (χ0v) is 24.3. The molecule has 2 aromatic rings. The van der Waals surface area contributed by atoms with Crippen molar-refractivity contribution in [3.8, 4) is 0 Å². The van der Waals surface area contributed by atoms with Gasteiger partial charge in [0.1, 0.15) is 12.1 Å². The average molecular weight is 563 g/mol. The minimum absolute atomic E-state index is 0.0759. The van der Waals surface area contributed by atoms with Crippen LogP contribution in [0.1, 0.15) is 44.7 Å². The molecule has 1 aliphatic rings. The van der Waals surface area contributed by atoms with Crippen LogP contribution in [0.25, 0.3) is 0 Å². The molecule has 1 N–H and O–H groups in total. The third-order valence-electron chi connectivity index (χ3n) is 6.96. The lowest BCUT2D eigenvalue weighted by molar-refractivity contribution is -0.222. The van der Waals surface area contributed by atoms with E-state index in [2.05, 4.69) is 15.3 Å². The number of morpholine rings is 1. The first-order valence-electron chi connectivity index (χ1n) is 14.4. The van der Waals surface area contributed by atoms with Gasteiger partial charge >= 0.3 is 0 Å². The predicted octanol–water partition coefficient (Wildman–Crippen LogP) is 1.57. The largest absolute Gasteiger partial charge is 0.861 e. The van der Waals surface area contributed by atoms with Crippen LogP contribution >= 0.6 is 0 Å². The summed E-state index contributed by atoms with van der Waals surface area (Å²) in [4.78, 5) is 36.4. The predicted molar refractivity (Wildman–Crippen MR) is 157 cm³/mol.